The number of hydrogen-bond acceptors (Lipinski definition) is 7. The summed E-state index contributed by atoms with van der Waals surface area (Å²) in [5.41, 5.74) is 1.27. The van der Waals surface area contributed by atoms with Crippen molar-refractivity contribution in [3.05, 3.63) is 29.8 Å². The number of nitrogens with zero attached hydrogens (tertiary/aromatic N) is 3. The van der Waals surface area contributed by atoms with Crippen LogP contribution in [0.2, 0.25) is 0 Å². The second-order valence-corrected chi connectivity index (χ2v) is 8.43. The van der Waals surface area contributed by atoms with Gasteiger partial charge in [0.05, 0.1) is 20.8 Å². The Morgan fingerprint density at radius 3 is 2.36 bits per heavy atom. The van der Waals surface area contributed by atoms with E-state index in [1.165, 1.54) is 12.7 Å². The molecule has 0 aromatic heterocycles. The molecule has 3 rings (SSSR count). The fourth-order valence-corrected chi connectivity index (χ4v) is 4.66. The Hall–Kier alpha value is -1.77. The van der Waals surface area contributed by atoms with E-state index < -0.39 is 0 Å². The van der Waals surface area contributed by atoms with Gasteiger partial charge in [0.25, 0.3) is 0 Å². The normalized spacial score (nSPS) is 21.4. The van der Waals surface area contributed by atoms with Crippen LogP contribution in [0.3, 0.4) is 0 Å². The lowest BCUT2D eigenvalue weighted by molar-refractivity contribution is -0.141. The number of amides is 1. The summed E-state index contributed by atoms with van der Waals surface area (Å²) in [7, 11) is 3.07. The van der Waals surface area contributed by atoms with Crippen molar-refractivity contribution < 1.29 is 19.1 Å². The maximum Gasteiger partial charge on any atom is 0.320 e. The van der Waals surface area contributed by atoms with E-state index in [9.17, 15) is 9.59 Å². The second kappa shape index (κ2) is 10.1. The SMILES string of the molecule is COC(=O)[C@H]1CN(C(=O)CN2CCN(Cc3ccc(OC)cc3)CC2)CCS1. The number of piperazine rings is 1. The van der Waals surface area contributed by atoms with Gasteiger partial charge in [-0.1, -0.05) is 12.1 Å². The molecule has 0 unspecified atom stereocenters. The molecule has 0 N–H and O–H groups in total. The number of carbonyl (C=O) groups is 2. The van der Waals surface area contributed by atoms with Gasteiger partial charge in [-0.2, -0.15) is 0 Å². The van der Waals surface area contributed by atoms with Gasteiger partial charge in [0.1, 0.15) is 11.0 Å². The molecule has 0 spiro atoms. The lowest BCUT2D eigenvalue weighted by Crippen LogP contribution is -2.52. The molecular weight excluding hydrogens is 378 g/mol. The summed E-state index contributed by atoms with van der Waals surface area (Å²) in [5.74, 6) is 1.52. The molecular formula is C20H29N3O4S. The molecule has 2 aliphatic heterocycles. The van der Waals surface area contributed by atoms with Gasteiger partial charge in [0.15, 0.2) is 0 Å². The van der Waals surface area contributed by atoms with Crippen LogP contribution in [0, 0.1) is 0 Å². The summed E-state index contributed by atoms with van der Waals surface area (Å²) >= 11 is 1.57. The van der Waals surface area contributed by atoms with E-state index in [-0.39, 0.29) is 17.1 Å². The highest BCUT2D eigenvalue weighted by Crippen LogP contribution is 2.20. The molecule has 8 heteroatoms. The van der Waals surface area contributed by atoms with Gasteiger partial charge in [-0.15, -0.1) is 11.8 Å². The zero-order chi connectivity index (χ0) is 19.9. The first-order valence-electron chi connectivity index (χ1n) is 9.64. The Morgan fingerprint density at radius 2 is 1.71 bits per heavy atom. The molecule has 0 aliphatic carbocycles. The number of hydrogen-bond donors (Lipinski definition) is 0. The number of thioether (sulfide) groups is 1. The Balaban J connectivity index is 1.42. The third-order valence-corrected chi connectivity index (χ3v) is 6.43. The van der Waals surface area contributed by atoms with Gasteiger partial charge in [-0.25, -0.2) is 0 Å². The Labute approximate surface area is 170 Å². The number of esters is 1. The first-order chi connectivity index (χ1) is 13.6. The van der Waals surface area contributed by atoms with Crippen LogP contribution in [-0.4, -0.2) is 97.6 Å². The van der Waals surface area contributed by atoms with Crippen molar-refractivity contribution in [2.45, 2.75) is 11.8 Å². The van der Waals surface area contributed by atoms with Crippen molar-refractivity contribution in [1.82, 2.24) is 14.7 Å². The lowest BCUT2D eigenvalue weighted by atomic mass is 10.2. The van der Waals surface area contributed by atoms with Crippen molar-refractivity contribution in [3.63, 3.8) is 0 Å². The average Bonchev–Trinajstić information content (AvgIpc) is 2.75. The molecule has 0 saturated carbocycles. The number of carbonyl (C=O) groups excluding carboxylic acids is 2. The maximum atomic E-state index is 12.7. The molecule has 2 saturated heterocycles. The first kappa shape index (κ1) is 21.0. The minimum Gasteiger partial charge on any atom is -0.497 e. The van der Waals surface area contributed by atoms with Crippen LogP contribution in [0.4, 0.5) is 0 Å². The summed E-state index contributed by atoms with van der Waals surface area (Å²) in [6.07, 6.45) is 0. The Bertz CT molecular complexity index is 662. The summed E-state index contributed by atoms with van der Waals surface area (Å²) in [6.45, 7) is 6.14. The minimum absolute atomic E-state index is 0.109. The summed E-state index contributed by atoms with van der Waals surface area (Å²) < 4.78 is 10.0. The van der Waals surface area contributed by atoms with E-state index in [1.54, 1.807) is 18.9 Å². The Kier molecular flexibility index (Phi) is 7.58. The number of methoxy groups -OCH3 is 2. The average molecular weight is 408 g/mol. The van der Waals surface area contributed by atoms with Crippen LogP contribution >= 0.6 is 11.8 Å². The van der Waals surface area contributed by atoms with Crippen LogP contribution in [0.5, 0.6) is 5.75 Å². The molecule has 1 atom stereocenters. The molecule has 0 radical (unpaired) electrons. The van der Waals surface area contributed by atoms with Gasteiger partial charge < -0.3 is 14.4 Å². The van der Waals surface area contributed by atoms with Gasteiger partial charge >= 0.3 is 5.97 Å². The summed E-state index contributed by atoms with van der Waals surface area (Å²) in [4.78, 5) is 30.8. The topological polar surface area (TPSA) is 62.3 Å². The van der Waals surface area contributed by atoms with E-state index in [2.05, 4.69) is 21.9 Å². The Morgan fingerprint density at radius 1 is 1.04 bits per heavy atom. The van der Waals surface area contributed by atoms with Crippen LogP contribution in [0.1, 0.15) is 5.56 Å². The predicted octanol–water partition coefficient (Wildman–Crippen LogP) is 0.930. The van der Waals surface area contributed by atoms with E-state index >= 15 is 0 Å². The minimum atomic E-state index is -0.260. The molecule has 1 aromatic rings. The third kappa shape index (κ3) is 5.62. The molecule has 2 aliphatic rings. The van der Waals surface area contributed by atoms with Crippen LogP contribution in [0.15, 0.2) is 24.3 Å². The highest BCUT2D eigenvalue weighted by atomic mass is 32.2. The van der Waals surface area contributed by atoms with Crippen LogP contribution in [-0.2, 0) is 20.9 Å². The molecule has 7 nitrogen and oxygen atoms in total. The molecule has 2 fully saturated rings. The molecule has 1 aromatic carbocycles. The quantitative estimate of drug-likeness (QED) is 0.650. The highest BCUT2D eigenvalue weighted by molar-refractivity contribution is 8.00. The zero-order valence-corrected chi connectivity index (χ0v) is 17.5. The molecule has 1 amide bonds. The van der Waals surface area contributed by atoms with Gasteiger partial charge in [-0.3, -0.25) is 19.4 Å². The molecule has 28 heavy (non-hydrogen) atoms. The number of benzene rings is 1. The summed E-state index contributed by atoms with van der Waals surface area (Å²) in [6, 6.07) is 8.17. The second-order valence-electron chi connectivity index (χ2n) is 7.12. The molecule has 154 valence electrons. The van der Waals surface area contributed by atoms with E-state index in [0.29, 0.717) is 19.6 Å². The van der Waals surface area contributed by atoms with E-state index in [4.69, 9.17) is 9.47 Å². The maximum absolute atomic E-state index is 12.7. The van der Waals surface area contributed by atoms with Crippen molar-refractivity contribution in [1.29, 1.82) is 0 Å². The van der Waals surface area contributed by atoms with Crippen molar-refractivity contribution >= 4 is 23.6 Å². The fraction of sp³-hybridized carbons (Fsp3) is 0.600. The predicted molar refractivity (Wildman–Crippen MR) is 110 cm³/mol. The molecule has 2 heterocycles. The standard InChI is InChI=1S/C20H29N3O4S/c1-26-17-5-3-16(4-6-17)13-21-7-9-22(10-8-21)15-19(24)23-11-12-28-18(14-23)20(25)27-2/h3-6,18H,7-15H2,1-2H3/t18-/m1/s1. The number of ether oxygens (including phenoxy) is 2. The van der Waals surface area contributed by atoms with E-state index in [1.807, 2.05) is 17.0 Å². The number of rotatable bonds is 6. The third-order valence-electron chi connectivity index (χ3n) is 5.27. The van der Waals surface area contributed by atoms with E-state index in [0.717, 1.165) is 44.2 Å². The molecule has 0 bridgehead atoms. The van der Waals surface area contributed by atoms with Crippen molar-refractivity contribution in [2.75, 3.05) is 65.8 Å². The van der Waals surface area contributed by atoms with Crippen LogP contribution in [0.25, 0.3) is 0 Å². The van der Waals surface area contributed by atoms with Gasteiger partial charge in [-0.05, 0) is 17.7 Å². The summed E-state index contributed by atoms with van der Waals surface area (Å²) in [5, 5.41) is -0.260. The fourth-order valence-electron chi connectivity index (χ4n) is 3.54. The largest absolute Gasteiger partial charge is 0.497 e. The highest BCUT2D eigenvalue weighted by Gasteiger charge is 2.30. The van der Waals surface area contributed by atoms with Crippen LogP contribution < -0.4 is 4.74 Å². The smallest absolute Gasteiger partial charge is 0.320 e. The first-order valence-corrected chi connectivity index (χ1v) is 10.7. The zero-order valence-electron chi connectivity index (χ0n) is 16.6. The lowest BCUT2D eigenvalue weighted by Gasteiger charge is -2.36. The van der Waals surface area contributed by atoms with Crippen molar-refractivity contribution in [3.8, 4) is 5.75 Å². The van der Waals surface area contributed by atoms with Gasteiger partial charge in [0, 0.05) is 51.6 Å². The van der Waals surface area contributed by atoms with Gasteiger partial charge in [0.2, 0.25) is 5.91 Å². The van der Waals surface area contributed by atoms with Crippen molar-refractivity contribution in [2.24, 2.45) is 0 Å². The monoisotopic (exact) mass is 407 g/mol.